The summed E-state index contributed by atoms with van der Waals surface area (Å²) in [7, 11) is 1.61. The van der Waals surface area contributed by atoms with Crippen molar-refractivity contribution >= 4 is 22.9 Å². The molecule has 0 fully saturated rings. The number of nitrogens with one attached hydrogen (secondary N) is 1. The van der Waals surface area contributed by atoms with Gasteiger partial charge in [-0.2, -0.15) is 5.26 Å². The van der Waals surface area contributed by atoms with Gasteiger partial charge in [-0.15, -0.1) is 0 Å². The Hall–Kier alpha value is -2.44. The molecule has 0 bridgehead atoms. The number of methoxy groups -OCH3 is 1. The smallest absolute Gasteiger partial charge is 0.142 e. The molecule has 2 aromatic carbocycles. The maximum Gasteiger partial charge on any atom is 0.142 e. The maximum absolute atomic E-state index is 9.23. The second kappa shape index (κ2) is 6.65. The van der Waals surface area contributed by atoms with Crippen LogP contribution >= 0.6 is 11.6 Å². The fourth-order valence-corrected chi connectivity index (χ4v) is 1.85. The molecule has 2 rings (SSSR count). The van der Waals surface area contributed by atoms with Gasteiger partial charge in [-0.05, 0) is 29.8 Å². The van der Waals surface area contributed by atoms with Crippen LogP contribution in [0.4, 0.5) is 5.69 Å². The number of hydrogen-bond donors (Lipinski definition) is 1. The number of allylic oxidation sites excluding steroid dienone is 1. The third kappa shape index (κ3) is 3.31. The minimum absolute atomic E-state index is 0.521. The van der Waals surface area contributed by atoms with Crippen LogP contribution in [-0.2, 0) is 0 Å². The lowest BCUT2D eigenvalue weighted by molar-refractivity contribution is 0.417. The Morgan fingerprint density at radius 3 is 2.55 bits per heavy atom. The van der Waals surface area contributed by atoms with Crippen molar-refractivity contribution in [3.8, 4) is 11.8 Å². The molecule has 0 aliphatic rings. The fraction of sp³-hybridized carbons (Fsp3) is 0.0625. The van der Waals surface area contributed by atoms with Gasteiger partial charge in [0.1, 0.15) is 11.8 Å². The lowest BCUT2D eigenvalue weighted by atomic mass is 10.1. The molecule has 0 aliphatic heterocycles. The molecule has 0 radical (unpaired) electrons. The summed E-state index contributed by atoms with van der Waals surface area (Å²) < 4.78 is 5.24. The third-order valence-electron chi connectivity index (χ3n) is 2.75. The van der Waals surface area contributed by atoms with E-state index in [0.29, 0.717) is 10.6 Å². The second-order valence-corrected chi connectivity index (χ2v) is 4.46. The van der Waals surface area contributed by atoms with E-state index in [0.717, 1.165) is 17.0 Å². The lowest BCUT2D eigenvalue weighted by Crippen LogP contribution is -1.94. The van der Waals surface area contributed by atoms with Crippen LogP contribution in [0, 0.1) is 11.3 Å². The van der Waals surface area contributed by atoms with Crippen molar-refractivity contribution in [2.24, 2.45) is 0 Å². The summed E-state index contributed by atoms with van der Waals surface area (Å²) in [5, 5.41) is 13.0. The number of halogens is 1. The highest BCUT2D eigenvalue weighted by molar-refractivity contribution is 6.30. The van der Waals surface area contributed by atoms with Gasteiger partial charge >= 0.3 is 0 Å². The molecule has 100 valence electrons. The van der Waals surface area contributed by atoms with E-state index in [-0.39, 0.29) is 0 Å². The highest BCUT2D eigenvalue weighted by Crippen LogP contribution is 2.24. The minimum Gasteiger partial charge on any atom is -0.495 e. The van der Waals surface area contributed by atoms with Crippen LogP contribution in [0.2, 0.25) is 5.02 Å². The molecule has 2 aromatic rings. The molecule has 3 nitrogen and oxygen atoms in total. The normalized spacial score (nSPS) is 10.8. The number of rotatable bonds is 4. The van der Waals surface area contributed by atoms with Crippen LogP contribution in [-0.4, -0.2) is 7.11 Å². The lowest BCUT2D eigenvalue weighted by Gasteiger charge is -2.08. The summed E-state index contributed by atoms with van der Waals surface area (Å²) in [4.78, 5) is 0. The Labute approximate surface area is 123 Å². The van der Waals surface area contributed by atoms with Crippen LogP contribution < -0.4 is 10.1 Å². The number of nitrogens with zero attached hydrogens (tertiary/aromatic N) is 1. The Balaban J connectivity index is 2.24. The summed E-state index contributed by atoms with van der Waals surface area (Å²) in [6.07, 6.45) is 1.65. The van der Waals surface area contributed by atoms with Gasteiger partial charge in [-0.3, -0.25) is 0 Å². The molecular weight excluding hydrogens is 272 g/mol. The summed E-state index contributed by atoms with van der Waals surface area (Å²) in [5.74, 6) is 0.720. The van der Waals surface area contributed by atoms with Gasteiger partial charge in [0.05, 0.1) is 18.4 Å². The topological polar surface area (TPSA) is 45.0 Å². The zero-order valence-electron chi connectivity index (χ0n) is 10.9. The quantitative estimate of drug-likeness (QED) is 0.850. The van der Waals surface area contributed by atoms with E-state index in [1.165, 1.54) is 0 Å². The molecule has 0 aliphatic carbocycles. The van der Waals surface area contributed by atoms with E-state index >= 15 is 0 Å². The molecule has 0 heterocycles. The number of hydrogen-bond acceptors (Lipinski definition) is 3. The Kier molecular flexibility index (Phi) is 4.65. The van der Waals surface area contributed by atoms with Gasteiger partial charge in [0.15, 0.2) is 0 Å². The van der Waals surface area contributed by atoms with E-state index in [2.05, 4.69) is 11.4 Å². The van der Waals surface area contributed by atoms with Crippen LogP contribution in [0.1, 0.15) is 5.56 Å². The van der Waals surface area contributed by atoms with Gasteiger partial charge < -0.3 is 10.1 Å². The van der Waals surface area contributed by atoms with Crippen LogP contribution in [0.25, 0.3) is 5.57 Å². The first kappa shape index (κ1) is 14.0. The first-order chi connectivity index (χ1) is 9.74. The Bertz CT molecular complexity index is 657. The molecular formula is C16H13ClN2O. The van der Waals surface area contributed by atoms with Crippen LogP contribution in [0.3, 0.4) is 0 Å². The first-order valence-corrected chi connectivity index (χ1v) is 6.38. The zero-order chi connectivity index (χ0) is 14.4. The molecule has 0 spiro atoms. The Morgan fingerprint density at radius 1 is 1.20 bits per heavy atom. The highest BCUT2D eigenvalue weighted by atomic mass is 35.5. The fourth-order valence-electron chi connectivity index (χ4n) is 1.72. The van der Waals surface area contributed by atoms with Crippen molar-refractivity contribution in [3.05, 3.63) is 65.3 Å². The van der Waals surface area contributed by atoms with Crippen molar-refractivity contribution in [2.45, 2.75) is 0 Å². The van der Waals surface area contributed by atoms with Gasteiger partial charge in [-0.1, -0.05) is 35.9 Å². The predicted molar refractivity (Wildman–Crippen MR) is 81.7 cm³/mol. The van der Waals surface area contributed by atoms with E-state index in [4.69, 9.17) is 16.3 Å². The first-order valence-electron chi connectivity index (χ1n) is 6.00. The van der Waals surface area contributed by atoms with E-state index in [1.54, 1.807) is 37.6 Å². The van der Waals surface area contributed by atoms with Gasteiger partial charge in [0, 0.05) is 11.2 Å². The van der Waals surface area contributed by atoms with E-state index < -0.39 is 0 Å². The van der Waals surface area contributed by atoms with Gasteiger partial charge in [0.2, 0.25) is 0 Å². The molecule has 20 heavy (non-hydrogen) atoms. The summed E-state index contributed by atoms with van der Waals surface area (Å²) in [6, 6.07) is 16.8. The van der Waals surface area contributed by atoms with E-state index in [1.807, 2.05) is 24.3 Å². The average Bonchev–Trinajstić information content (AvgIpc) is 2.50. The van der Waals surface area contributed by atoms with Gasteiger partial charge in [-0.25, -0.2) is 0 Å². The summed E-state index contributed by atoms with van der Waals surface area (Å²) >= 11 is 5.84. The van der Waals surface area contributed by atoms with Crippen molar-refractivity contribution in [1.29, 1.82) is 5.26 Å². The average molecular weight is 285 g/mol. The molecule has 1 N–H and O–H groups in total. The number of ether oxygens (including phenoxy) is 1. The maximum atomic E-state index is 9.23. The zero-order valence-corrected chi connectivity index (χ0v) is 11.7. The van der Waals surface area contributed by atoms with Crippen LogP contribution in [0.15, 0.2) is 54.7 Å². The predicted octanol–water partition coefficient (Wildman–Crippen LogP) is 4.33. The monoisotopic (exact) mass is 284 g/mol. The highest BCUT2D eigenvalue weighted by Gasteiger charge is 2.02. The molecule has 0 unspecified atom stereocenters. The minimum atomic E-state index is 0.521. The third-order valence-corrected chi connectivity index (χ3v) is 3.01. The standard InChI is InChI=1S/C16H13ClN2O/c1-20-16-5-3-2-4-15(16)19-11-13(10-18)12-6-8-14(17)9-7-12/h2-9,11,19H,1H3/b13-11+. The molecule has 0 saturated heterocycles. The van der Waals surface area contributed by atoms with Crippen molar-refractivity contribution in [3.63, 3.8) is 0 Å². The largest absolute Gasteiger partial charge is 0.495 e. The number of benzene rings is 2. The summed E-state index contributed by atoms with van der Waals surface area (Å²) in [5.41, 5.74) is 2.13. The van der Waals surface area contributed by atoms with Crippen molar-refractivity contribution in [2.75, 3.05) is 12.4 Å². The van der Waals surface area contributed by atoms with Crippen molar-refractivity contribution < 1.29 is 4.74 Å². The van der Waals surface area contributed by atoms with E-state index in [9.17, 15) is 5.26 Å². The molecule has 0 amide bonds. The van der Waals surface area contributed by atoms with Crippen molar-refractivity contribution in [1.82, 2.24) is 0 Å². The van der Waals surface area contributed by atoms with Gasteiger partial charge in [0.25, 0.3) is 0 Å². The molecule has 0 atom stereocenters. The molecule has 0 aromatic heterocycles. The number of nitriles is 1. The SMILES string of the molecule is COc1ccccc1N/C=C(\C#N)c1ccc(Cl)cc1. The molecule has 0 saturated carbocycles. The van der Waals surface area contributed by atoms with Crippen LogP contribution in [0.5, 0.6) is 5.75 Å². The number of anilines is 1. The Morgan fingerprint density at radius 2 is 1.90 bits per heavy atom. The number of para-hydroxylation sites is 2. The molecule has 4 heteroatoms. The second-order valence-electron chi connectivity index (χ2n) is 4.02. The summed E-state index contributed by atoms with van der Waals surface area (Å²) in [6.45, 7) is 0.